The average Bonchev–Trinajstić information content (AvgIpc) is 2.42. The second kappa shape index (κ2) is 6.20. The first-order valence-corrected chi connectivity index (χ1v) is 6.81. The van der Waals surface area contributed by atoms with Crippen molar-refractivity contribution in [3.63, 3.8) is 0 Å². The van der Waals surface area contributed by atoms with E-state index < -0.39 is 0 Å². The third-order valence-corrected chi connectivity index (χ3v) is 3.31. The maximum atomic E-state index is 14.1. The number of nitrogens with two attached hydrogens (primary N) is 1. The Kier molecular flexibility index (Phi) is 4.57. The third-order valence-electron chi connectivity index (χ3n) is 3.07. The summed E-state index contributed by atoms with van der Waals surface area (Å²) in [6.45, 7) is 4.55. The van der Waals surface area contributed by atoms with E-state index in [0.29, 0.717) is 22.9 Å². The van der Waals surface area contributed by atoms with Crippen molar-refractivity contribution in [2.75, 3.05) is 12.3 Å². The molecule has 2 aromatic rings. The van der Waals surface area contributed by atoms with Gasteiger partial charge in [0.15, 0.2) is 0 Å². The first-order chi connectivity index (χ1) is 9.52. The molecular weight excluding hydrogens is 277 g/mol. The van der Waals surface area contributed by atoms with E-state index in [1.807, 2.05) is 19.9 Å². The number of rotatable bonds is 4. The lowest BCUT2D eigenvalue weighted by molar-refractivity contribution is 0.559. The summed E-state index contributed by atoms with van der Waals surface area (Å²) >= 11 is 5.98. The Hall–Kier alpha value is -1.65. The van der Waals surface area contributed by atoms with Gasteiger partial charge in [-0.1, -0.05) is 18.5 Å². The summed E-state index contributed by atoms with van der Waals surface area (Å²) < 4.78 is 14.1. The van der Waals surface area contributed by atoms with Gasteiger partial charge in [0, 0.05) is 22.3 Å². The predicted octanol–water partition coefficient (Wildman–Crippen LogP) is 3.46. The molecule has 0 aliphatic heterocycles. The minimum atomic E-state index is -0.369. The zero-order valence-corrected chi connectivity index (χ0v) is 12.2. The van der Waals surface area contributed by atoms with Gasteiger partial charge in [-0.15, -0.1) is 0 Å². The van der Waals surface area contributed by atoms with Crippen LogP contribution >= 0.6 is 11.6 Å². The smallest absolute Gasteiger partial charge is 0.128 e. The molecule has 0 radical (unpaired) electrons. The van der Waals surface area contributed by atoms with Crippen LogP contribution in [0.1, 0.15) is 29.7 Å². The second-order valence-electron chi connectivity index (χ2n) is 4.64. The number of nitrogen functional groups attached to an aromatic ring is 1. The number of hydrogen-bond acceptors (Lipinski definition) is 3. The summed E-state index contributed by atoms with van der Waals surface area (Å²) in [5.41, 5.74) is 8.14. The van der Waals surface area contributed by atoms with Crippen LogP contribution in [-0.2, 0) is 0 Å². The normalized spacial score (nSPS) is 12.4. The van der Waals surface area contributed by atoms with Crippen molar-refractivity contribution in [2.24, 2.45) is 0 Å². The number of benzene rings is 1. The number of halogens is 2. The SMILES string of the molecule is CCNC(c1cc(Cl)ccc1F)c1cc(C)cnc1N. The lowest BCUT2D eigenvalue weighted by Gasteiger charge is -2.21. The molecule has 0 spiro atoms. The molecule has 1 unspecified atom stereocenters. The molecule has 0 amide bonds. The molecule has 0 saturated carbocycles. The summed E-state index contributed by atoms with van der Waals surface area (Å²) in [5, 5.41) is 3.72. The zero-order chi connectivity index (χ0) is 14.7. The van der Waals surface area contributed by atoms with Gasteiger partial charge in [-0.2, -0.15) is 0 Å². The number of anilines is 1. The summed E-state index contributed by atoms with van der Waals surface area (Å²) in [5.74, 6) is 0.0715. The quantitative estimate of drug-likeness (QED) is 0.907. The second-order valence-corrected chi connectivity index (χ2v) is 5.08. The summed E-state index contributed by atoms with van der Waals surface area (Å²) in [6.07, 6.45) is 1.69. The predicted molar refractivity (Wildman–Crippen MR) is 80.3 cm³/mol. The van der Waals surface area contributed by atoms with Crippen molar-refractivity contribution < 1.29 is 4.39 Å². The number of nitrogens with zero attached hydrogens (tertiary/aromatic N) is 1. The van der Waals surface area contributed by atoms with Crippen LogP contribution in [0.5, 0.6) is 0 Å². The van der Waals surface area contributed by atoms with E-state index in [0.717, 1.165) is 11.1 Å². The fourth-order valence-corrected chi connectivity index (χ4v) is 2.34. The molecule has 5 heteroatoms. The van der Waals surface area contributed by atoms with E-state index in [2.05, 4.69) is 10.3 Å². The summed E-state index contributed by atoms with van der Waals surface area (Å²) in [4.78, 5) is 4.14. The van der Waals surface area contributed by atoms with Crippen molar-refractivity contribution in [3.8, 4) is 0 Å². The first kappa shape index (κ1) is 14.8. The van der Waals surface area contributed by atoms with Gasteiger partial charge in [0.2, 0.25) is 0 Å². The number of pyridine rings is 1. The molecule has 3 N–H and O–H groups in total. The Morgan fingerprint density at radius 1 is 1.35 bits per heavy atom. The maximum absolute atomic E-state index is 14.1. The van der Waals surface area contributed by atoms with Gasteiger partial charge in [-0.25, -0.2) is 9.37 Å². The van der Waals surface area contributed by atoms with Crippen LogP contribution in [0.2, 0.25) is 5.02 Å². The molecule has 0 aliphatic carbocycles. The highest BCUT2D eigenvalue weighted by molar-refractivity contribution is 6.30. The Labute approximate surface area is 123 Å². The molecule has 1 aromatic heterocycles. The Morgan fingerprint density at radius 3 is 2.80 bits per heavy atom. The van der Waals surface area contributed by atoms with Gasteiger partial charge >= 0.3 is 0 Å². The van der Waals surface area contributed by atoms with Crippen LogP contribution in [0.4, 0.5) is 10.2 Å². The average molecular weight is 294 g/mol. The fraction of sp³-hybridized carbons (Fsp3) is 0.267. The topological polar surface area (TPSA) is 50.9 Å². The molecule has 106 valence electrons. The van der Waals surface area contributed by atoms with E-state index >= 15 is 0 Å². The Balaban J connectivity index is 2.55. The standard InChI is InChI=1S/C15H17ClFN3/c1-3-19-14(11-7-10(16)4-5-13(11)17)12-6-9(2)8-20-15(12)18/h4-8,14,19H,3H2,1-2H3,(H2,18,20). The first-order valence-electron chi connectivity index (χ1n) is 6.43. The molecule has 0 saturated heterocycles. The van der Waals surface area contributed by atoms with E-state index in [9.17, 15) is 4.39 Å². The number of aromatic nitrogens is 1. The van der Waals surface area contributed by atoms with Crippen LogP contribution in [0.3, 0.4) is 0 Å². The Morgan fingerprint density at radius 2 is 2.10 bits per heavy atom. The lowest BCUT2D eigenvalue weighted by atomic mass is 9.97. The van der Waals surface area contributed by atoms with Gasteiger partial charge in [0.25, 0.3) is 0 Å². The van der Waals surface area contributed by atoms with Crippen molar-refractivity contribution in [3.05, 3.63) is 58.0 Å². The molecule has 1 aromatic carbocycles. The van der Waals surface area contributed by atoms with Gasteiger partial charge in [-0.3, -0.25) is 0 Å². The highest BCUT2D eigenvalue weighted by Crippen LogP contribution is 2.29. The molecule has 0 aliphatic rings. The van der Waals surface area contributed by atoms with Crippen LogP contribution < -0.4 is 11.1 Å². The third kappa shape index (κ3) is 3.08. The van der Waals surface area contributed by atoms with Crippen LogP contribution in [0.15, 0.2) is 30.5 Å². The molecular formula is C15H17ClFN3. The Bertz CT molecular complexity index is 565. The minimum absolute atomic E-state index is 0.318. The van der Waals surface area contributed by atoms with Gasteiger partial charge in [-0.05, 0) is 43.3 Å². The van der Waals surface area contributed by atoms with Gasteiger partial charge < -0.3 is 11.1 Å². The molecule has 0 bridgehead atoms. The highest BCUT2D eigenvalue weighted by atomic mass is 35.5. The van der Waals surface area contributed by atoms with Gasteiger partial charge in [0.05, 0.1) is 6.04 Å². The molecule has 2 rings (SSSR count). The number of aryl methyl sites for hydroxylation is 1. The number of hydrogen-bond donors (Lipinski definition) is 2. The van der Waals surface area contributed by atoms with E-state index in [1.165, 1.54) is 12.1 Å². The summed E-state index contributed by atoms with van der Waals surface area (Å²) in [7, 11) is 0. The van der Waals surface area contributed by atoms with Crippen molar-refractivity contribution >= 4 is 17.4 Å². The molecule has 3 nitrogen and oxygen atoms in total. The minimum Gasteiger partial charge on any atom is -0.383 e. The lowest BCUT2D eigenvalue weighted by Crippen LogP contribution is -2.24. The summed E-state index contributed by atoms with van der Waals surface area (Å²) in [6, 6.07) is 6.05. The van der Waals surface area contributed by atoms with E-state index in [4.69, 9.17) is 17.3 Å². The highest BCUT2D eigenvalue weighted by Gasteiger charge is 2.20. The fourth-order valence-electron chi connectivity index (χ4n) is 2.16. The largest absolute Gasteiger partial charge is 0.383 e. The molecule has 0 fully saturated rings. The molecule has 20 heavy (non-hydrogen) atoms. The van der Waals surface area contributed by atoms with Crippen LogP contribution in [0, 0.1) is 12.7 Å². The monoisotopic (exact) mass is 293 g/mol. The maximum Gasteiger partial charge on any atom is 0.128 e. The van der Waals surface area contributed by atoms with Crippen molar-refractivity contribution in [2.45, 2.75) is 19.9 Å². The van der Waals surface area contributed by atoms with Crippen molar-refractivity contribution in [1.82, 2.24) is 10.3 Å². The van der Waals surface area contributed by atoms with E-state index in [-0.39, 0.29) is 11.9 Å². The molecule has 1 atom stereocenters. The molecule has 1 heterocycles. The number of nitrogens with one attached hydrogen (secondary N) is 1. The van der Waals surface area contributed by atoms with E-state index in [1.54, 1.807) is 12.3 Å². The zero-order valence-electron chi connectivity index (χ0n) is 11.5. The van der Waals surface area contributed by atoms with Crippen molar-refractivity contribution in [1.29, 1.82) is 0 Å². The van der Waals surface area contributed by atoms with Gasteiger partial charge in [0.1, 0.15) is 11.6 Å². The van der Waals surface area contributed by atoms with Crippen LogP contribution in [-0.4, -0.2) is 11.5 Å². The van der Waals surface area contributed by atoms with Crippen LogP contribution in [0.25, 0.3) is 0 Å².